The Kier molecular flexibility index (Phi) is 3.83. The van der Waals surface area contributed by atoms with Crippen molar-refractivity contribution in [1.29, 1.82) is 0 Å². The topological polar surface area (TPSA) is 47.3 Å². The highest BCUT2D eigenvalue weighted by molar-refractivity contribution is 5.98. The zero-order chi connectivity index (χ0) is 19.5. The molecule has 0 radical (unpaired) electrons. The molecule has 1 N–H and O–H groups in total. The van der Waals surface area contributed by atoms with Crippen LogP contribution in [0.4, 0.5) is 0 Å². The summed E-state index contributed by atoms with van der Waals surface area (Å²) in [6.07, 6.45) is 8.39. The number of aliphatic hydroxyl groups is 1. The Hall–Kier alpha value is -2.69. The summed E-state index contributed by atoms with van der Waals surface area (Å²) in [5.41, 5.74) is 3.61. The number of imidazole rings is 1. The van der Waals surface area contributed by atoms with Gasteiger partial charge in [0, 0.05) is 18.7 Å². The minimum atomic E-state index is -0.513. The van der Waals surface area contributed by atoms with Crippen LogP contribution in [0.15, 0.2) is 48.6 Å². The third kappa shape index (κ3) is 2.49. The molecule has 142 valence electrons. The summed E-state index contributed by atoms with van der Waals surface area (Å²) in [5, 5.41) is 13.2. The highest BCUT2D eigenvalue weighted by Gasteiger charge is 2.29. The quantitative estimate of drug-likeness (QED) is 0.643. The maximum Gasteiger partial charge on any atom is 0.142 e. The summed E-state index contributed by atoms with van der Waals surface area (Å²) in [5.74, 6) is 0.956. The summed E-state index contributed by atoms with van der Waals surface area (Å²) >= 11 is 0. The van der Waals surface area contributed by atoms with E-state index in [9.17, 15) is 5.11 Å². The van der Waals surface area contributed by atoms with Gasteiger partial charge < -0.3 is 14.4 Å². The average Bonchev–Trinajstić information content (AvgIpc) is 2.99. The lowest BCUT2D eigenvalue weighted by Crippen LogP contribution is -2.20. The predicted molar refractivity (Wildman–Crippen MR) is 113 cm³/mol. The molecule has 3 atom stereocenters. The van der Waals surface area contributed by atoms with Gasteiger partial charge in [-0.1, -0.05) is 36.4 Å². The lowest BCUT2D eigenvalue weighted by Gasteiger charge is -2.26. The molecule has 0 amide bonds. The van der Waals surface area contributed by atoms with E-state index in [0.717, 1.165) is 39.1 Å². The molecule has 0 saturated heterocycles. The Morgan fingerprint density at radius 3 is 2.68 bits per heavy atom. The van der Waals surface area contributed by atoms with Gasteiger partial charge in [-0.2, -0.15) is 0 Å². The van der Waals surface area contributed by atoms with E-state index in [2.05, 4.69) is 47.9 Å². The number of hydrogen-bond donors (Lipinski definition) is 1. The average molecular weight is 372 g/mol. The Balaban J connectivity index is 1.83. The van der Waals surface area contributed by atoms with Crippen LogP contribution in [0, 0.1) is 0 Å². The molecule has 1 aromatic heterocycles. The number of aromatic nitrogens is 2. The van der Waals surface area contributed by atoms with Crippen molar-refractivity contribution < 1.29 is 9.84 Å². The third-order valence-corrected chi connectivity index (χ3v) is 6.10. The van der Waals surface area contributed by atoms with Crippen LogP contribution in [-0.2, 0) is 4.74 Å². The molecule has 0 spiro atoms. The van der Waals surface area contributed by atoms with Crippen LogP contribution in [0.5, 0.6) is 0 Å². The summed E-state index contributed by atoms with van der Waals surface area (Å²) in [6, 6.07) is 12.5. The van der Waals surface area contributed by atoms with Gasteiger partial charge in [-0.3, -0.25) is 0 Å². The van der Waals surface area contributed by atoms with Crippen molar-refractivity contribution in [3.63, 3.8) is 0 Å². The molecule has 4 heteroatoms. The largest absolute Gasteiger partial charge is 0.388 e. The number of methoxy groups -OCH3 is 1. The second-order valence-electron chi connectivity index (χ2n) is 7.98. The first-order chi connectivity index (χ1) is 13.5. The maximum absolute atomic E-state index is 11.0. The second kappa shape index (κ2) is 6.16. The third-order valence-electron chi connectivity index (χ3n) is 6.10. The molecule has 3 unspecified atom stereocenters. The van der Waals surface area contributed by atoms with Gasteiger partial charge in [-0.25, -0.2) is 4.98 Å². The number of ether oxygens (including phenoxy) is 1. The number of aliphatic hydroxyl groups excluding tert-OH is 1. The van der Waals surface area contributed by atoms with Crippen molar-refractivity contribution >= 4 is 22.9 Å². The second-order valence-corrected chi connectivity index (χ2v) is 7.98. The van der Waals surface area contributed by atoms with E-state index < -0.39 is 11.7 Å². The highest BCUT2D eigenvalue weighted by Crippen LogP contribution is 2.42. The smallest absolute Gasteiger partial charge is 0.142 e. The van der Waals surface area contributed by atoms with Crippen molar-refractivity contribution in [2.75, 3.05) is 7.11 Å². The Morgan fingerprint density at radius 1 is 1.14 bits per heavy atom. The van der Waals surface area contributed by atoms with E-state index in [1.807, 2.05) is 31.2 Å². The van der Waals surface area contributed by atoms with Gasteiger partial charge in [-0.05, 0) is 60.9 Å². The van der Waals surface area contributed by atoms with E-state index in [4.69, 9.17) is 9.72 Å². The van der Waals surface area contributed by atoms with E-state index in [0.29, 0.717) is 6.42 Å². The van der Waals surface area contributed by atoms with Gasteiger partial charge in [0.1, 0.15) is 11.4 Å². The van der Waals surface area contributed by atoms with Gasteiger partial charge in [0.25, 0.3) is 0 Å². The minimum absolute atomic E-state index is 0.106. The van der Waals surface area contributed by atoms with Gasteiger partial charge in [-0.15, -0.1) is 0 Å². The SMILES string of the molecule is COC1(C)C=Cc2nc3n(c2C=C1)C(C)CC(O)c1cccc2cccc-3c12. The zero-order valence-electron chi connectivity index (χ0n) is 16.4. The number of fused-ring (bicyclic) bond motifs is 4. The summed E-state index contributed by atoms with van der Waals surface area (Å²) in [4.78, 5) is 5.04. The molecule has 0 bridgehead atoms. The van der Waals surface area contributed by atoms with Gasteiger partial charge in [0.15, 0.2) is 0 Å². The summed E-state index contributed by atoms with van der Waals surface area (Å²) < 4.78 is 7.90. The van der Waals surface area contributed by atoms with E-state index in [1.165, 1.54) is 0 Å². The fraction of sp³-hybridized carbons (Fsp3) is 0.292. The van der Waals surface area contributed by atoms with Crippen LogP contribution in [0.2, 0.25) is 0 Å². The fourth-order valence-electron chi connectivity index (χ4n) is 4.46. The van der Waals surface area contributed by atoms with Crippen LogP contribution in [0.25, 0.3) is 34.3 Å². The summed E-state index contributed by atoms with van der Waals surface area (Å²) in [6.45, 7) is 4.19. The Bertz CT molecular complexity index is 1140. The molecule has 1 aliphatic heterocycles. The standard InChI is InChI=1S/C24H24N2O2/c1-15-14-21(27)17-8-4-6-16-7-5-9-18(22(16)17)23-25-19-10-12-24(2,28-3)13-11-20(19)26(15)23/h4-13,15,21,27H,14H2,1-3H3. The van der Waals surface area contributed by atoms with Crippen molar-refractivity contribution in [3.8, 4) is 11.4 Å². The van der Waals surface area contributed by atoms with E-state index in [1.54, 1.807) is 7.11 Å². The highest BCUT2D eigenvalue weighted by atomic mass is 16.5. The van der Waals surface area contributed by atoms with Gasteiger partial charge >= 0.3 is 0 Å². The minimum Gasteiger partial charge on any atom is -0.388 e. The lowest BCUT2D eigenvalue weighted by atomic mass is 9.91. The molecule has 0 fully saturated rings. The lowest BCUT2D eigenvalue weighted by molar-refractivity contribution is 0.0922. The number of nitrogens with zero attached hydrogens (tertiary/aromatic N) is 2. The Morgan fingerprint density at radius 2 is 1.89 bits per heavy atom. The van der Waals surface area contributed by atoms with Crippen LogP contribution in [-0.4, -0.2) is 27.4 Å². The van der Waals surface area contributed by atoms with Gasteiger partial charge in [0.05, 0.1) is 17.5 Å². The van der Waals surface area contributed by atoms with Crippen LogP contribution < -0.4 is 0 Å². The van der Waals surface area contributed by atoms with Crippen LogP contribution in [0.3, 0.4) is 0 Å². The molecule has 1 aliphatic carbocycles. The van der Waals surface area contributed by atoms with Crippen molar-refractivity contribution in [3.05, 3.63) is 65.5 Å². The van der Waals surface area contributed by atoms with Crippen molar-refractivity contribution in [2.24, 2.45) is 0 Å². The molecule has 28 heavy (non-hydrogen) atoms. The molecule has 5 rings (SSSR count). The normalized spacial score (nSPS) is 25.7. The number of hydrogen-bond acceptors (Lipinski definition) is 3. The Labute approximate surface area is 164 Å². The molecule has 3 aromatic rings. The molecule has 4 nitrogen and oxygen atoms in total. The molecule has 2 aromatic carbocycles. The summed E-state index contributed by atoms with van der Waals surface area (Å²) in [7, 11) is 1.71. The molecular weight excluding hydrogens is 348 g/mol. The first kappa shape index (κ1) is 17.4. The van der Waals surface area contributed by atoms with E-state index >= 15 is 0 Å². The molecule has 2 heterocycles. The van der Waals surface area contributed by atoms with Gasteiger partial charge in [0.2, 0.25) is 0 Å². The first-order valence-corrected chi connectivity index (χ1v) is 9.77. The van der Waals surface area contributed by atoms with Crippen molar-refractivity contribution in [1.82, 2.24) is 9.55 Å². The molecular formula is C24H24N2O2. The predicted octanol–water partition coefficient (Wildman–Crippen LogP) is 5.15. The number of benzene rings is 2. The maximum atomic E-state index is 11.0. The molecule has 2 aliphatic rings. The molecule has 0 saturated carbocycles. The van der Waals surface area contributed by atoms with Crippen LogP contribution >= 0.6 is 0 Å². The first-order valence-electron chi connectivity index (χ1n) is 9.77. The zero-order valence-corrected chi connectivity index (χ0v) is 16.4. The number of rotatable bonds is 1. The fourth-order valence-corrected chi connectivity index (χ4v) is 4.46. The van der Waals surface area contributed by atoms with Crippen LogP contribution in [0.1, 0.15) is 49.4 Å². The van der Waals surface area contributed by atoms with E-state index in [-0.39, 0.29) is 6.04 Å². The van der Waals surface area contributed by atoms with Crippen molar-refractivity contribution in [2.45, 2.75) is 38.0 Å². The monoisotopic (exact) mass is 372 g/mol.